The van der Waals surface area contributed by atoms with Gasteiger partial charge in [0.25, 0.3) is 0 Å². The van der Waals surface area contributed by atoms with Crippen molar-refractivity contribution in [3.8, 4) is 0 Å². The third kappa shape index (κ3) is 2.82. The van der Waals surface area contributed by atoms with Gasteiger partial charge in [0.1, 0.15) is 0 Å². The Morgan fingerprint density at radius 2 is 1.67 bits per heavy atom. The fourth-order valence-corrected chi connectivity index (χ4v) is 0.717. The molecule has 3 unspecified atom stereocenters. The van der Waals surface area contributed by atoms with E-state index in [1.54, 1.807) is 6.92 Å². The largest absolute Gasteiger partial charge is 0.391 e. The highest BCUT2D eigenvalue weighted by molar-refractivity contribution is 4.67. The average molecular weight is 132 g/mol. The normalized spacial score (nSPS) is 21.0. The third-order valence-corrected chi connectivity index (χ3v) is 1.72. The zero-order valence-corrected chi connectivity index (χ0v) is 6.33. The quantitative estimate of drug-likeness (QED) is 0.595. The number of rotatable bonds is 3. The monoisotopic (exact) mass is 132 g/mol. The van der Waals surface area contributed by atoms with Crippen LogP contribution in [0.1, 0.15) is 27.2 Å². The number of aliphatic hydroxyl groups excluding tert-OH is 2. The lowest BCUT2D eigenvalue weighted by Crippen LogP contribution is -2.29. The Morgan fingerprint density at radius 1 is 1.22 bits per heavy atom. The molecule has 0 saturated heterocycles. The molecule has 0 radical (unpaired) electrons. The van der Waals surface area contributed by atoms with Gasteiger partial charge in [-0.15, -0.1) is 0 Å². The SMILES string of the molecule is CCC(C)C(O)C(C)O. The summed E-state index contributed by atoms with van der Waals surface area (Å²) >= 11 is 0. The van der Waals surface area contributed by atoms with Crippen LogP contribution in [0.4, 0.5) is 0 Å². The van der Waals surface area contributed by atoms with Crippen LogP contribution >= 0.6 is 0 Å². The summed E-state index contributed by atoms with van der Waals surface area (Å²) in [5.41, 5.74) is 0. The minimum Gasteiger partial charge on any atom is -0.391 e. The van der Waals surface area contributed by atoms with Crippen molar-refractivity contribution in [2.75, 3.05) is 0 Å². The highest BCUT2D eigenvalue weighted by Gasteiger charge is 2.16. The lowest BCUT2D eigenvalue weighted by molar-refractivity contribution is -0.00307. The predicted molar refractivity (Wildman–Crippen MR) is 37.1 cm³/mol. The first-order valence-corrected chi connectivity index (χ1v) is 3.45. The van der Waals surface area contributed by atoms with E-state index < -0.39 is 12.2 Å². The highest BCUT2D eigenvalue weighted by Crippen LogP contribution is 2.09. The molecule has 2 N–H and O–H groups in total. The van der Waals surface area contributed by atoms with Crippen molar-refractivity contribution in [1.29, 1.82) is 0 Å². The lowest BCUT2D eigenvalue weighted by atomic mass is 9.98. The fourth-order valence-electron chi connectivity index (χ4n) is 0.717. The first-order chi connectivity index (χ1) is 4.09. The molecule has 3 atom stereocenters. The van der Waals surface area contributed by atoms with Crippen molar-refractivity contribution >= 4 is 0 Å². The van der Waals surface area contributed by atoms with Crippen LogP contribution in [-0.2, 0) is 0 Å². The smallest absolute Gasteiger partial charge is 0.0821 e. The lowest BCUT2D eigenvalue weighted by Gasteiger charge is -2.19. The van der Waals surface area contributed by atoms with Crippen LogP contribution in [0, 0.1) is 5.92 Å². The van der Waals surface area contributed by atoms with Gasteiger partial charge in [-0.25, -0.2) is 0 Å². The van der Waals surface area contributed by atoms with Crippen molar-refractivity contribution in [1.82, 2.24) is 0 Å². The van der Waals surface area contributed by atoms with Crippen LogP contribution in [0.15, 0.2) is 0 Å². The highest BCUT2D eigenvalue weighted by atomic mass is 16.3. The molecule has 2 nitrogen and oxygen atoms in total. The Bertz CT molecular complexity index is 71.3. The number of hydrogen-bond acceptors (Lipinski definition) is 2. The molecule has 0 fully saturated rings. The van der Waals surface area contributed by atoms with Gasteiger partial charge < -0.3 is 10.2 Å². The molecule has 0 aromatic heterocycles. The molecule has 0 aliphatic carbocycles. The molecule has 0 bridgehead atoms. The molecule has 0 aliphatic heterocycles. The van der Waals surface area contributed by atoms with Gasteiger partial charge in [-0.05, 0) is 12.8 Å². The molecule has 0 rings (SSSR count). The fraction of sp³-hybridized carbons (Fsp3) is 1.00. The maximum atomic E-state index is 9.14. The summed E-state index contributed by atoms with van der Waals surface area (Å²) in [5.74, 6) is 0.199. The van der Waals surface area contributed by atoms with Gasteiger partial charge in [-0.2, -0.15) is 0 Å². The molecule has 56 valence electrons. The Hall–Kier alpha value is -0.0800. The molecule has 0 amide bonds. The molecule has 0 saturated carbocycles. The molecule has 0 aromatic rings. The molecular weight excluding hydrogens is 116 g/mol. The van der Waals surface area contributed by atoms with Crippen LogP contribution in [0.25, 0.3) is 0 Å². The van der Waals surface area contributed by atoms with Crippen molar-refractivity contribution in [2.24, 2.45) is 5.92 Å². The van der Waals surface area contributed by atoms with Gasteiger partial charge in [0.2, 0.25) is 0 Å². The van der Waals surface area contributed by atoms with Gasteiger partial charge in [0.15, 0.2) is 0 Å². The van der Waals surface area contributed by atoms with Crippen LogP contribution in [0.5, 0.6) is 0 Å². The summed E-state index contributed by atoms with van der Waals surface area (Å²) in [7, 11) is 0. The Kier molecular flexibility index (Phi) is 3.82. The summed E-state index contributed by atoms with van der Waals surface area (Å²) in [4.78, 5) is 0. The predicted octanol–water partition coefficient (Wildman–Crippen LogP) is 0.774. The summed E-state index contributed by atoms with van der Waals surface area (Å²) < 4.78 is 0. The molecule has 2 heteroatoms. The van der Waals surface area contributed by atoms with E-state index in [4.69, 9.17) is 10.2 Å². The summed E-state index contributed by atoms with van der Waals surface area (Å²) in [6.07, 6.45) is -0.249. The first kappa shape index (κ1) is 8.92. The minimum absolute atomic E-state index is 0.199. The van der Waals surface area contributed by atoms with Crippen LogP contribution < -0.4 is 0 Å². The maximum absolute atomic E-state index is 9.14. The topological polar surface area (TPSA) is 40.5 Å². The van der Waals surface area contributed by atoms with E-state index in [1.165, 1.54) is 0 Å². The summed E-state index contributed by atoms with van der Waals surface area (Å²) in [5, 5.41) is 18.0. The van der Waals surface area contributed by atoms with E-state index >= 15 is 0 Å². The van der Waals surface area contributed by atoms with E-state index in [-0.39, 0.29) is 5.92 Å². The van der Waals surface area contributed by atoms with Gasteiger partial charge in [-0.1, -0.05) is 20.3 Å². The third-order valence-electron chi connectivity index (χ3n) is 1.72. The second-order valence-electron chi connectivity index (χ2n) is 2.62. The zero-order valence-electron chi connectivity index (χ0n) is 6.33. The Balaban J connectivity index is 3.58. The summed E-state index contributed by atoms with van der Waals surface area (Å²) in [6.45, 7) is 5.53. The molecule has 0 spiro atoms. The van der Waals surface area contributed by atoms with Crippen molar-refractivity contribution in [3.05, 3.63) is 0 Å². The van der Waals surface area contributed by atoms with E-state index in [0.717, 1.165) is 6.42 Å². The van der Waals surface area contributed by atoms with Gasteiger partial charge in [0, 0.05) is 0 Å². The van der Waals surface area contributed by atoms with E-state index in [9.17, 15) is 0 Å². The van der Waals surface area contributed by atoms with E-state index in [0.29, 0.717) is 0 Å². The van der Waals surface area contributed by atoms with Crippen LogP contribution in [-0.4, -0.2) is 22.4 Å². The Morgan fingerprint density at radius 3 is 1.78 bits per heavy atom. The molecule has 9 heavy (non-hydrogen) atoms. The van der Waals surface area contributed by atoms with E-state index in [2.05, 4.69) is 0 Å². The second-order valence-corrected chi connectivity index (χ2v) is 2.62. The van der Waals surface area contributed by atoms with Crippen molar-refractivity contribution in [3.63, 3.8) is 0 Å². The zero-order chi connectivity index (χ0) is 7.44. The molecular formula is C7H16O2. The number of hydrogen-bond donors (Lipinski definition) is 2. The maximum Gasteiger partial charge on any atom is 0.0821 e. The Labute approximate surface area is 56.5 Å². The standard InChI is InChI=1S/C7H16O2/c1-4-5(2)7(9)6(3)8/h5-9H,4H2,1-3H3. The first-order valence-electron chi connectivity index (χ1n) is 3.45. The summed E-state index contributed by atoms with van der Waals surface area (Å²) in [6, 6.07) is 0. The average Bonchev–Trinajstić information content (AvgIpc) is 1.84. The molecule has 0 heterocycles. The van der Waals surface area contributed by atoms with Crippen molar-refractivity contribution < 1.29 is 10.2 Å². The molecule has 0 aromatic carbocycles. The van der Waals surface area contributed by atoms with Crippen LogP contribution in [0.2, 0.25) is 0 Å². The van der Waals surface area contributed by atoms with Gasteiger partial charge >= 0.3 is 0 Å². The van der Waals surface area contributed by atoms with Crippen molar-refractivity contribution in [2.45, 2.75) is 39.4 Å². The van der Waals surface area contributed by atoms with Gasteiger partial charge in [-0.3, -0.25) is 0 Å². The van der Waals surface area contributed by atoms with E-state index in [1.807, 2.05) is 13.8 Å². The van der Waals surface area contributed by atoms with Crippen LogP contribution in [0.3, 0.4) is 0 Å². The molecule has 0 aliphatic rings. The van der Waals surface area contributed by atoms with Gasteiger partial charge in [0.05, 0.1) is 12.2 Å². The minimum atomic E-state index is -0.597. The second kappa shape index (κ2) is 3.85. The number of aliphatic hydroxyl groups is 2.